The summed E-state index contributed by atoms with van der Waals surface area (Å²) in [5.74, 6) is -0.340. The zero-order valence-electron chi connectivity index (χ0n) is 15.3. The topological polar surface area (TPSA) is 79.5 Å². The quantitative estimate of drug-likeness (QED) is 0.688. The van der Waals surface area contributed by atoms with Crippen LogP contribution in [0.2, 0.25) is 0 Å². The minimum absolute atomic E-state index is 0.150. The van der Waals surface area contributed by atoms with Gasteiger partial charge in [-0.1, -0.05) is 41.6 Å². The minimum atomic E-state index is -0.894. The average Bonchev–Trinajstić information content (AvgIpc) is 3.33. The van der Waals surface area contributed by atoms with E-state index in [0.29, 0.717) is 36.5 Å². The number of carbonyl (C=O) groups is 2. The SMILES string of the molecule is Cc1nocc1C(=O)N1CCN2C(=O)c3ncccc3CC12c1ccccc1. The number of carbonyl (C=O) groups excluding carboxylic acids is 2. The zero-order valence-corrected chi connectivity index (χ0v) is 15.3. The van der Waals surface area contributed by atoms with Gasteiger partial charge in [0.05, 0.1) is 5.69 Å². The van der Waals surface area contributed by atoms with Gasteiger partial charge < -0.3 is 14.3 Å². The van der Waals surface area contributed by atoms with Crippen molar-refractivity contribution in [3.63, 3.8) is 0 Å². The molecular weight excluding hydrogens is 356 g/mol. The van der Waals surface area contributed by atoms with E-state index >= 15 is 0 Å². The van der Waals surface area contributed by atoms with Gasteiger partial charge in [0.25, 0.3) is 11.8 Å². The first-order valence-corrected chi connectivity index (χ1v) is 9.17. The maximum atomic E-state index is 13.5. The molecule has 1 atom stereocenters. The Bertz CT molecular complexity index is 1080. The molecule has 2 aliphatic rings. The molecule has 0 N–H and O–H groups in total. The maximum absolute atomic E-state index is 13.5. The van der Waals surface area contributed by atoms with Crippen molar-refractivity contribution in [3.05, 3.63) is 83.0 Å². The number of hydrogen-bond donors (Lipinski definition) is 0. The third-order valence-corrected chi connectivity index (χ3v) is 5.68. The van der Waals surface area contributed by atoms with Crippen LogP contribution in [0.5, 0.6) is 0 Å². The van der Waals surface area contributed by atoms with E-state index in [1.54, 1.807) is 22.9 Å². The monoisotopic (exact) mass is 374 g/mol. The zero-order chi connectivity index (χ0) is 19.3. The van der Waals surface area contributed by atoms with Crippen molar-refractivity contribution < 1.29 is 14.1 Å². The molecule has 2 aliphatic heterocycles. The molecule has 5 rings (SSSR count). The van der Waals surface area contributed by atoms with Crippen molar-refractivity contribution in [1.29, 1.82) is 0 Å². The Kier molecular flexibility index (Phi) is 3.58. The van der Waals surface area contributed by atoms with Crippen LogP contribution < -0.4 is 0 Å². The Labute approximate surface area is 161 Å². The molecule has 7 nitrogen and oxygen atoms in total. The van der Waals surface area contributed by atoms with E-state index in [2.05, 4.69) is 10.1 Å². The van der Waals surface area contributed by atoms with Gasteiger partial charge >= 0.3 is 0 Å². The molecule has 7 heteroatoms. The predicted octanol–water partition coefficient (Wildman–Crippen LogP) is 2.39. The Morgan fingerprint density at radius 3 is 2.71 bits per heavy atom. The molecular formula is C21H18N4O3. The molecule has 1 aromatic carbocycles. The number of aromatic nitrogens is 2. The van der Waals surface area contributed by atoms with Gasteiger partial charge in [-0.2, -0.15) is 0 Å². The van der Waals surface area contributed by atoms with E-state index in [9.17, 15) is 9.59 Å². The van der Waals surface area contributed by atoms with Crippen LogP contribution in [-0.4, -0.2) is 44.8 Å². The molecule has 2 amide bonds. The first-order valence-electron chi connectivity index (χ1n) is 9.17. The lowest BCUT2D eigenvalue weighted by molar-refractivity contribution is 0.00709. The van der Waals surface area contributed by atoms with Crippen LogP contribution >= 0.6 is 0 Å². The van der Waals surface area contributed by atoms with Gasteiger partial charge in [-0.15, -0.1) is 0 Å². The summed E-state index contributed by atoms with van der Waals surface area (Å²) in [4.78, 5) is 34.6. The van der Waals surface area contributed by atoms with Crippen molar-refractivity contribution in [3.8, 4) is 0 Å². The highest BCUT2D eigenvalue weighted by Crippen LogP contribution is 2.45. The Balaban J connectivity index is 1.71. The minimum Gasteiger partial charge on any atom is -0.364 e. The predicted molar refractivity (Wildman–Crippen MR) is 99.4 cm³/mol. The smallest absolute Gasteiger partial charge is 0.274 e. The molecule has 3 aromatic rings. The summed E-state index contributed by atoms with van der Waals surface area (Å²) >= 11 is 0. The van der Waals surface area contributed by atoms with Crippen molar-refractivity contribution in [2.24, 2.45) is 0 Å². The fourth-order valence-electron chi connectivity index (χ4n) is 4.37. The number of nitrogens with zero attached hydrogens (tertiary/aromatic N) is 4. The van der Waals surface area contributed by atoms with Crippen molar-refractivity contribution in [2.75, 3.05) is 13.1 Å². The normalized spacial score (nSPS) is 20.8. The van der Waals surface area contributed by atoms with Crippen LogP contribution in [0.4, 0.5) is 0 Å². The summed E-state index contributed by atoms with van der Waals surface area (Å²) in [5.41, 5.74) is 2.27. The first kappa shape index (κ1) is 16.7. The van der Waals surface area contributed by atoms with E-state index in [1.165, 1.54) is 6.26 Å². The highest BCUT2D eigenvalue weighted by molar-refractivity contribution is 5.99. The van der Waals surface area contributed by atoms with Crippen LogP contribution in [0, 0.1) is 6.92 Å². The van der Waals surface area contributed by atoms with Gasteiger partial charge in [-0.05, 0) is 24.1 Å². The third kappa shape index (κ3) is 2.16. The van der Waals surface area contributed by atoms with Gasteiger partial charge in [-0.3, -0.25) is 14.6 Å². The van der Waals surface area contributed by atoms with Crippen LogP contribution in [-0.2, 0) is 12.1 Å². The number of benzene rings is 1. The molecule has 0 radical (unpaired) electrons. The van der Waals surface area contributed by atoms with E-state index in [-0.39, 0.29) is 11.8 Å². The number of amides is 2. The van der Waals surface area contributed by atoms with Crippen molar-refractivity contribution >= 4 is 11.8 Å². The summed E-state index contributed by atoms with van der Waals surface area (Å²) in [5, 5.41) is 3.85. The lowest BCUT2D eigenvalue weighted by Crippen LogP contribution is -2.58. The number of hydrogen-bond acceptors (Lipinski definition) is 5. The van der Waals surface area contributed by atoms with Crippen LogP contribution in [0.15, 0.2) is 59.4 Å². The highest BCUT2D eigenvalue weighted by atomic mass is 16.5. The third-order valence-electron chi connectivity index (χ3n) is 5.68. The Hall–Kier alpha value is -3.48. The lowest BCUT2D eigenvalue weighted by Gasteiger charge is -2.46. The molecule has 0 spiro atoms. The molecule has 2 aromatic heterocycles. The van der Waals surface area contributed by atoms with E-state index in [4.69, 9.17) is 4.52 Å². The Morgan fingerprint density at radius 2 is 1.96 bits per heavy atom. The molecule has 0 saturated carbocycles. The second-order valence-corrected chi connectivity index (χ2v) is 7.10. The molecule has 1 fully saturated rings. The summed E-state index contributed by atoms with van der Waals surface area (Å²) in [6.07, 6.45) is 3.49. The molecule has 1 unspecified atom stereocenters. The molecule has 4 heterocycles. The summed E-state index contributed by atoms with van der Waals surface area (Å²) in [7, 11) is 0. The van der Waals surface area contributed by atoms with Crippen LogP contribution in [0.1, 0.15) is 37.7 Å². The number of pyridine rings is 1. The van der Waals surface area contributed by atoms with Gasteiger partial charge in [-0.25, -0.2) is 0 Å². The standard InChI is InChI=1S/C21H18N4O3/c1-14-17(13-28-23-14)19(26)24-10-11-25-20(27)18-15(6-5-9-22-18)12-21(24,25)16-7-3-2-4-8-16/h2-9,13H,10-12H2,1H3. The number of rotatable bonds is 2. The van der Waals surface area contributed by atoms with Gasteiger partial charge in [0.1, 0.15) is 23.2 Å². The average molecular weight is 374 g/mol. The fraction of sp³-hybridized carbons (Fsp3) is 0.238. The molecule has 1 saturated heterocycles. The second-order valence-electron chi connectivity index (χ2n) is 7.10. The van der Waals surface area contributed by atoms with Crippen molar-refractivity contribution in [2.45, 2.75) is 19.0 Å². The van der Waals surface area contributed by atoms with E-state index in [1.807, 2.05) is 42.5 Å². The van der Waals surface area contributed by atoms with Crippen LogP contribution in [0.25, 0.3) is 0 Å². The van der Waals surface area contributed by atoms with E-state index < -0.39 is 5.66 Å². The fourth-order valence-corrected chi connectivity index (χ4v) is 4.37. The second kappa shape index (κ2) is 6.02. The summed E-state index contributed by atoms with van der Waals surface area (Å²) in [6, 6.07) is 13.4. The van der Waals surface area contributed by atoms with Crippen molar-refractivity contribution in [1.82, 2.24) is 19.9 Å². The molecule has 0 aliphatic carbocycles. The lowest BCUT2D eigenvalue weighted by atomic mass is 9.85. The molecule has 0 bridgehead atoms. The summed E-state index contributed by atoms with van der Waals surface area (Å²) in [6.45, 7) is 2.61. The number of fused-ring (bicyclic) bond motifs is 2. The largest absolute Gasteiger partial charge is 0.364 e. The van der Waals surface area contributed by atoms with Gasteiger partial charge in [0, 0.05) is 25.7 Å². The maximum Gasteiger partial charge on any atom is 0.274 e. The van der Waals surface area contributed by atoms with Gasteiger partial charge in [0.15, 0.2) is 0 Å². The first-order chi connectivity index (χ1) is 13.6. The van der Waals surface area contributed by atoms with E-state index in [0.717, 1.165) is 11.1 Å². The summed E-state index contributed by atoms with van der Waals surface area (Å²) < 4.78 is 4.99. The highest BCUT2D eigenvalue weighted by Gasteiger charge is 2.56. The molecule has 28 heavy (non-hydrogen) atoms. The van der Waals surface area contributed by atoms with Gasteiger partial charge in [0.2, 0.25) is 0 Å². The Morgan fingerprint density at radius 1 is 1.14 bits per heavy atom. The molecule has 140 valence electrons. The van der Waals surface area contributed by atoms with Crippen LogP contribution in [0.3, 0.4) is 0 Å². The number of aryl methyl sites for hydroxylation is 1.